The van der Waals surface area contributed by atoms with E-state index in [0.29, 0.717) is 30.3 Å². The van der Waals surface area contributed by atoms with Crippen molar-refractivity contribution in [3.05, 3.63) is 70.5 Å². The van der Waals surface area contributed by atoms with E-state index < -0.39 is 0 Å². The Labute approximate surface area is 287 Å². The number of rotatable bonds is 10. The van der Waals surface area contributed by atoms with E-state index in [4.69, 9.17) is 4.84 Å². The molecule has 0 aromatic carbocycles. The van der Waals surface area contributed by atoms with Gasteiger partial charge in [-0.25, -0.2) is 15.0 Å². The summed E-state index contributed by atoms with van der Waals surface area (Å²) < 4.78 is 0. The van der Waals surface area contributed by atoms with Crippen LogP contribution >= 0.6 is 11.3 Å². The molecule has 0 fully saturated rings. The normalized spacial score (nSPS) is 10.1. The minimum Gasteiger partial charge on any atom is -0.399 e. The van der Waals surface area contributed by atoms with Gasteiger partial charge in [-0.3, -0.25) is 4.98 Å². The predicted octanol–water partition coefficient (Wildman–Crippen LogP) is 10.7. The van der Waals surface area contributed by atoms with E-state index in [1.54, 1.807) is 30.9 Å². The first-order valence-electron chi connectivity index (χ1n) is 15.6. The molecule has 0 unspecified atom stereocenters. The topological polar surface area (TPSA) is 94.7 Å². The molecule has 9 heteroatoms. The largest absolute Gasteiger partial charge is 0.399 e. The molecule has 3 heterocycles. The maximum atomic E-state index is 4.71. The predicted molar refractivity (Wildman–Crippen MR) is 203 cm³/mol. The number of pyridine rings is 1. The second-order valence-electron chi connectivity index (χ2n) is 11.9. The maximum Gasteiger partial charge on any atom is 0.130 e. The summed E-state index contributed by atoms with van der Waals surface area (Å²) in [7, 11) is 1.54. The second-order valence-corrected chi connectivity index (χ2v) is 12.6. The van der Waals surface area contributed by atoms with Gasteiger partial charge in [-0.2, -0.15) is 0 Å². The third-order valence-corrected chi connectivity index (χ3v) is 5.42. The van der Waals surface area contributed by atoms with E-state index >= 15 is 0 Å². The van der Waals surface area contributed by atoms with E-state index in [-0.39, 0.29) is 14.9 Å². The lowest BCUT2D eigenvalue weighted by atomic mass is 10.1. The Morgan fingerprint density at radius 2 is 1.30 bits per heavy atom. The molecule has 3 aromatic heterocycles. The number of aromatic nitrogens is 4. The number of oxime groups is 2. The van der Waals surface area contributed by atoms with Crippen LogP contribution < -0.4 is 0 Å². The molecule has 0 aliphatic heterocycles. The fourth-order valence-electron chi connectivity index (χ4n) is 2.82. The number of nitrogens with zero attached hydrogens (tertiary/aromatic N) is 6. The molecule has 0 aliphatic rings. The first kappa shape index (κ1) is 49.7. The summed E-state index contributed by atoms with van der Waals surface area (Å²) in [5.74, 6) is 3.76. The van der Waals surface area contributed by atoms with Gasteiger partial charge in [-0.15, -0.1) is 11.3 Å². The van der Waals surface area contributed by atoms with Crippen molar-refractivity contribution in [2.75, 3.05) is 13.7 Å². The summed E-state index contributed by atoms with van der Waals surface area (Å²) in [6.45, 7) is 25.8. The summed E-state index contributed by atoms with van der Waals surface area (Å²) in [5.41, 5.74) is 5.43. The van der Waals surface area contributed by atoms with Gasteiger partial charge < -0.3 is 9.68 Å². The Morgan fingerprint density at radius 1 is 0.761 bits per heavy atom. The lowest BCUT2D eigenvalue weighted by Gasteiger charge is -2.01. The van der Waals surface area contributed by atoms with E-state index in [1.807, 2.05) is 63.9 Å². The van der Waals surface area contributed by atoms with Crippen LogP contribution in [0.3, 0.4) is 0 Å². The van der Waals surface area contributed by atoms with Gasteiger partial charge in [0, 0.05) is 48.0 Å². The zero-order chi connectivity index (χ0) is 33.8. The van der Waals surface area contributed by atoms with Crippen LogP contribution in [-0.4, -0.2) is 46.1 Å². The van der Waals surface area contributed by atoms with Gasteiger partial charge in [0.15, 0.2) is 0 Å². The van der Waals surface area contributed by atoms with E-state index in [9.17, 15) is 0 Å². The van der Waals surface area contributed by atoms with Crippen molar-refractivity contribution in [3.63, 3.8) is 0 Å². The van der Waals surface area contributed by atoms with Crippen LogP contribution in [0, 0.1) is 30.6 Å². The molecule has 0 saturated heterocycles. The lowest BCUT2D eigenvalue weighted by Crippen LogP contribution is -1.95. The van der Waals surface area contributed by atoms with Gasteiger partial charge in [-0.05, 0) is 68.1 Å². The average Bonchev–Trinajstić information content (AvgIpc) is 3.46. The highest BCUT2D eigenvalue weighted by molar-refractivity contribution is 7.07. The molecular weight excluding hydrogens is 593 g/mol. The Kier molecular flexibility index (Phi) is 35.8. The van der Waals surface area contributed by atoms with Crippen LogP contribution in [0.2, 0.25) is 0 Å². The Hall–Kier alpha value is -3.20. The van der Waals surface area contributed by atoms with Gasteiger partial charge in [0.25, 0.3) is 0 Å². The molecule has 0 amide bonds. The van der Waals surface area contributed by atoms with Gasteiger partial charge in [0.05, 0.1) is 11.2 Å². The molecule has 0 N–H and O–H groups in total. The van der Waals surface area contributed by atoms with Crippen LogP contribution in [-0.2, 0) is 22.5 Å². The first-order valence-corrected chi connectivity index (χ1v) is 16.5. The summed E-state index contributed by atoms with van der Waals surface area (Å²) in [6, 6.07) is 6.05. The summed E-state index contributed by atoms with van der Waals surface area (Å²) in [6.07, 6.45) is 11.3. The van der Waals surface area contributed by atoms with Gasteiger partial charge in [0.2, 0.25) is 0 Å². The second kappa shape index (κ2) is 33.2. The lowest BCUT2D eigenvalue weighted by molar-refractivity contribution is 0.159. The maximum absolute atomic E-state index is 4.71. The standard InChI is InChI=1S/C9H13N.C8H12N2.C7H11NS.C6H13NO.C5H11NO.2CH4/c1-8(2)7-9-5-3-4-6-10-9;1-6(2)8-9-4-7(3)5-10-8;1-6(2)3-7-4-9-5-8-7;1-4-8-7-5-6(2)3;1-5(2)4-6-7-3;;/h3-6,8H,7H2,1-2H3;4-6H,1-3H3;4-6H,3H2,1-2H3;5-6H,4H2,1-3H3;4-5H,1-3H3;2*1H4. The average molecular weight is 661 g/mol. The third-order valence-electron chi connectivity index (χ3n) is 4.79. The van der Waals surface area contributed by atoms with Crippen molar-refractivity contribution in [2.24, 2.45) is 34.0 Å². The quantitative estimate of drug-likeness (QED) is 0.159. The van der Waals surface area contributed by atoms with Crippen LogP contribution in [0.15, 0.2) is 58.0 Å². The van der Waals surface area contributed by atoms with E-state index in [0.717, 1.165) is 30.1 Å². The molecule has 0 bridgehead atoms. The highest BCUT2D eigenvalue weighted by Crippen LogP contribution is 2.08. The molecule has 264 valence electrons. The van der Waals surface area contributed by atoms with Crippen molar-refractivity contribution in [1.29, 1.82) is 0 Å². The van der Waals surface area contributed by atoms with Crippen molar-refractivity contribution < 1.29 is 9.68 Å². The minimum absolute atomic E-state index is 0. The zero-order valence-corrected chi connectivity index (χ0v) is 30.5. The monoisotopic (exact) mass is 661 g/mol. The fraction of sp³-hybridized carbons (Fsp3) is 0.622. The molecule has 3 rings (SSSR count). The number of thiazole rings is 1. The number of aryl methyl sites for hydroxylation is 1. The molecule has 0 spiro atoms. The van der Waals surface area contributed by atoms with Crippen molar-refractivity contribution in [2.45, 2.75) is 117 Å². The Balaban J connectivity index is -0.000000239. The van der Waals surface area contributed by atoms with Crippen LogP contribution in [0.25, 0.3) is 0 Å². The first-order chi connectivity index (χ1) is 20.8. The summed E-state index contributed by atoms with van der Waals surface area (Å²) in [5, 5.41) is 9.32. The van der Waals surface area contributed by atoms with Crippen LogP contribution in [0.5, 0.6) is 0 Å². The molecule has 0 saturated carbocycles. The van der Waals surface area contributed by atoms with E-state index in [2.05, 4.69) is 102 Å². The third kappa shape index (κ3) is 35.3. The van der Waals surface area contributed by atoms with Crippen molar-refractivity contribution in [3.8, 4) is 0 Å². The zero-order valence-electron chi connectivity index (χ0n) is 29.7. The highest BCUT2D eigenvalue weighted by atomic mass is 32.1. The van der Waals surface area contributed by atoms with E-state index in [1.165, 1.54) is 11.4 Å². The summed E-state index contributed by atoms with van der Waals surface area (Å²) in [4.78, 5) is 25.9. The smallest absolute Gasteiger partial charge is 0.130 e. The number of hydrogen-bond acceptors (Lipinski definition) is 9. The van der Waals surface area contributed by atoms with Gasteiger partial charge in [-0.1, -0.05) is 100 Å². The minimum atomic E-state index is 0. The fourth-order valence-corrected chi connectivity index (χ4v) is 3.39. The Morgan fingerprint density at radius 3 is 1.67 bits per heavy atom. The molecular formula is C37H68N6O2S. The van der Waals surface area contributed by atoms with Crippen molar-refractivity contribution in [1.82, 2.24) is 19.9 Å². The molecule has 0 atom stereocenters. The molecule has 0 aliphatic carbocycles. The van der Waals surface area contributed by atoms with Crippen LogP contribution in [0.4, 0.5) is 0 Å². The van der Waals surface area contributed by atoms with Gasteiger partial charge in [0.1, 0.15) is 19.5 Å². The van der Waals surface area contributed by atoms with Crippen LogP contribution in [0.1, 0.15) is 120 Å². The molecule has 3 aromatic rings. The Bertz CT molecular complexity index is 1050. The van der Waals surface area contributed by atoms with Gasteiger partial charge >= 0.3 is 0 Å². The highest BCUT2D eigenvalue weighted by Gasteiger charge is 1.99. The summed E-state index contributed by atoms with van der Waals surface area (Å²) >= 11 is 1.67. The number of hydrogen-bond donors (Lipinski definition) is 0. The molecule has 46 heavy (non-hydrogen) atoms. The SMILES string of the molecule is C.C.CC(C)Cc1ccccn1.CC(C)Cc1cscn1.CCON=CC(C)C.CON=CC(C)C.Cc1cnc(C(C)C)nc1. The molecule has 0 radical (unpaired) electrons. The molecule has 8 nitrogen and oxygen atoms in total. The van der Waals surface area contributed by atoms with Crippen molar-refractivity contribution >= 4 is 23.8 Å².